The predicted molar refractivity (Wildman–Crippen MR) is 140 cm³/mol. The third kappa shape index (κ3) is 8.29. The second kappa shape index (κ2) is 9.68. The Morgan fingerprint density at radius 1 is 0.862 bits per heavy atom. The predicted octanol–water partition coefficient (Wildman–Crippen LogP) is 5.90. The fraction of sp³-hybridized carbons (Fsp3) is 1.00. The molecule has 0 aromatic rings. The summed E-state index contributed by atoms with van der Waals surface area (Å²) >= 11 is 0. The van der Waals surface area contributed by atoms with Crippen molar-refractivity contribution >= 4 is 33.7 Å². The molecule has 0 aromatic heterocycles. The van der Waals surface area contributed by atoms with Crippen LogP contribution in [0.2, 0.25) is 64.5 Å². The van der Waals surface area contributed by atoms with Crippen LogP contribution in [-0.2, 0) is 13.3 Å². The maximum Gasteiger partial charge on any atom is 0.204 e. The Labute approximate surface area is 187 Å². The zero-order valence-corrected chi connectivity index (χ0v) is 26.5. The molecule has 0 amide bonds. The van der Waals surface area contributed by atoms with Gasteiger partial charge in [-0.2, -0.15) is 0 Å². The smallest absolute Gasteiger partial charge is 0.204 e. The van der Waals surface area contributed by atoms with Crippen molar-refractivity contribution in [2.45, 2.75) is 128 Å². The molecule has 0 fully saturated rings. The Morgan fingerprint density at radius 2 is 1.31 bits per heavy atom. The highest BCUT2D eigenvalue weighted by atomic mass is 28.4. The lowest BCUT2D eigenvalue weighted by Gasteiger charge is -2.51. The first-order valence-corrected chi connectivity index (χ1v) is 23.4. The van der Waals surface area contributed by atoms with Gasteiger partial charge in [0.2, 0.25) is 9.04 Å². The van der Waals surface area contributed by atoms with Gasteiger partial charge in [0.15, 0.2) is 16.6 Å². The van der Waals surface area contributed by atoms with E-state index in [1.165, 1.54) is 0 Å². The van der Waals surface area contributed by atoms with Gasteiger partial charge in [-0.05, 0) is 73.9 Å². The molecule has 0 saturated carbocycles. The summed E-state index contributed by atoms with van der Waals surface area (Å²) < 4.78 is 20.4. The van der Waals surface area contributed by atoms with E-state index in [1.807, 2.05) is 0 Å². The van der Waals surface area contributed by atoms with E-state index in [2.05, 4.69) is 100 Å². The number of nitrogens with two attached hydrogens (primary N) is 1. The third-order valence-corrected chi connectivity index (χ3v) is 18.4. The molecular weight excluding hydrogens is 427 g/mol. The Balaban J connectivity index is 5.70. The van der Waals surface area contributed by atoms with Gasteiger partial charge in [0, 0.05) is 12.1 Å². The van der Waals surface area contributed by atoms with Gasteiger partial charge in [-0.1, -0.05) is 33.0 Å². The summed E-state index contributed by atoms with van der Waals surface area (Å²) in [5.74, 6) is 0. The van der Waals surface area contributed by atoms with Crippen molar-refractivity contribution in [1.82, 2.24) is 0 Å². The summed E-state index contributed by atoms with van der Waals surface area (Å²) in [6.45, 7) is 34.9. The van der Waals surface area contributed by atoms with E-state index in [1.54, 1.807) is 0 Å². The SMILES string of the molecule is CCC(C(C)(C)O[SiH](C)C(C)(C)O[Si](C)(C)C)[Si](C)(C)OC(C)(CN)[Si](C)(C)C. The molecule has 0 radical (unpaired) electrons. The van der Waals surface area contributed by atoms with Crippen LogP contribution in [0.4, 0.5) is 0 Å². The minimum atomic E-state index is -2.09. The minimum Gasteiger partial charge on any atom is -0.413 e. The van der Waals surface area contributed by atoms with E-state index in [0.717, 1.165) is 6.42 Å². The number of hydrogen-bond acceptors (Lipinski definition) is 4. The van der Waals surface area contributed by atoms with Crippen LogP contribution in [-0.4, -0.2) is 56.3 Å². The van der Waals surface area contributed by atoms with Crippen LogP contribution in [0, 0.1) is 0 Å². The van der Waals surface area contributed by atoms with Gasteiger partial charge in [-0.3, -0.25) is 0 Å². The average Bonchev–Trinajstić information content (AvgIpc) is 2.41. The van der Waals surface area contributed by atoms with Gasteiger partial charge in [0.05, 0.1) is 24.1 Å². The van der Waals surface area contributed by atoms with E-state index in [-0.39, 0.29) is 16.0 Å². The standard InChI is InChI=1S/C21H53NO3Si4/c1-16-18(29(14,15)25-21(6,17-22)27(8,9)10)19(2,3)23-26(7)20(4,5)24-28(11,12)13/h18,26H,16-17,22H2,1-15H3. The summed E-state index contributed by atoms with van der Waals surface area (Å²) in [5.41, 5.74) is 6.38. The van der Waals surface area contributed by atoms with Crippen LogP contribution in [0.1, 0.15) is 48.0 Å². The Bertz CT molecular complexity index is 527. The molecular formula is C21H53NO3Si4. The first-order valence-electron chi connectivity index (χ1n) is 11.3. The molecule has 0 aliphatic carbocycles. The maximum absolute atomic E-state index is 7.01. The summed E-state index contributed by atoms with van der Waals surface area (Å²) in [6, 6.07) is 0. The monoisotopic (exact) mass is 479 g/mol. The Morgan fingerprint density at radius 3 is 1.62 bits per heavy atom. The van der Waals surface area contributed by atoms with E-state index >= 15 is 0 Å². The molecule has 2 N–H and O–H groups in total. The van der Waals surface area contributed by atoms with Crippen molar-refractivity contribution in [3.63, 3.8) is 0 Å². The van der Waals surface area contributed by atoms with Gasteiger partial charge < -0.3 is 19.0 Å². The van der Waals surface area contributed by atoms with Crippen molar-refractivity contribution in [3.05, 3.63) is 0 Å². The quantitative estimate of drug-likeness (QED) is 0.354. The number of hydrogen-bond donors (Lipinski definition) is 1. The van der Waals surface area contributed by atoms with Crippen LogP contribution >= 0.6 is 0 Å². The lowest BCUT2D eigenvalue weighted by atomic mass is 10.0. The fourth-order valence-electron chi connectivity index (χ4n) is 4.52. The molecule has 0 heterocycles. The van der Waals surface area contributed by atoms with Crippen LogP contribution in [0.25, 0.3) is 0 Å². The van der Waals surface area contributed by atoms with Crippen molar-refractivity contribution in [2.24, 2.45) is 5.73 Å². The molecule has 4 nitrogen and oxygen atoms in total. The highest BCUT2D eigenvalue weighted by Crippen LogP contribution is 2.43. The summed E-state index contributed by atoms with van der Waals surface area (Å²) in [7, 11) is -6.91. The molecule has 29 heavy (non-hydrogen) atoms. The zero-order valence-electron chi connectivity index (χ0n) is 22.4. The van der Waals surface area contributed by atoms with E-state index in [9.17, 15) is 0 Å². The van der Waals surface area contributed by atoms with Gasteiger partial charge in [0.1, 0.15) is 0 Å². The van der Waals surface area contributed by atoms with Crippen LogP contribution in [0.5, 0.6) is 0 Å². The molecule has 176 valence electrons. The molecule has 0 rings (SSSR count). The maximum atomic E-state index is 7.01. The zero-order chi connectivity index (χ0) is 23.7. The molecule has 0 aliphatic rings. The first kappa shape index (κ1) is 29.7. The van der Waals surface area contributed by atoms with Crippen LogP contribution in [0.3, 0.4) is 0 Å². The highest BCUT2D eigenvalue weighted by Gasteiger charge is 2.51. The summed E-state index contributed by atoms with van der Waals surface area (Å²) in [4.78, 5) is 0. The first-order chi connectivity index (χ1) is 12.5. The van der Waals surface area contributed by atoms with Crippen molar-refractivity contribution in [1.29, 1.82) is 0 Å². The molecule has 0 aromatic carbocycles. The second-order valence-corrected chi connectivity index (χ2v) is 29.5. The molecule has 3 unspecified atom stereocenters. The highest BCUT2D eigenvalue weighted by molar-refractivity contribution is 6.81. The Kier molecular flexibility index (Phi) is 9.92. The molecule has 3 atom stereocenters. The van der Waals surface area contributed by atoms with Gasteiger partial charge >= 0.3 is 0 Å². The van der Waals surface area contributed by atoms with Gasteiger partial charge in [-0.25, -0.2) is 0 Å². The Hall–Kier alpha value is 0.708. The van der Waals surface area contributed by atoms with Crippen molar-refractivity contribution in [2.75, 3.05) is 6.54 Å². The molecule has 8 heteroatoms. The second-order valence-electron chi connectivity index (χ2n) is 12.5. The lowest BCUT2D eigenvalue weighted by molar-refractivity contribution is 0.0507. The topological polar surface area (TPSA) is 53.7 Å². The van der Waals surface area contributed by atoms with Crippen LogP contribution in [0.15, 0.2) is 0 Å². The molecule has 0 aliphatic heterocycles. The van der Waals surface area contributed by atoms with E-state index < -0.39 is 33.7 Å². The fourth-order valence-corrected chi connectivity index (χ4v) is 16.1. The van der Waals surface area contributed by atoms with Gasteiger partial charge in [-0.15, -0.1) is 0 Å². The van der Waals surface area contributed by atoms with Crippen molar-refractivity contribution < 1.29 is 13.3 Å². The van der Waals surface area contributed by atoms with E-state index in [4.69, 9.17) is 19.0 Å². The molecule has 0 bridgehead atoms. The summed E-state index contributed by atoms with van der Waals surface area (Å²) in [5, 5.41) is -0.397. The third-order valence-electron chi connectivity index (χ3n) is 6.58. The molecule has 0 spiro atoms. The summed E-state index contributed by atoms with van der Waals surface area (Å²) in [6.07, 6.45) is 1.05. The average molecular weight is 480 g/mol. The van der Waals surface area contributed by atoms with Gasteiger partial charge in [0.25, 0.3) is 0 Å². The lowest BCUT2D eigenvalue weighted by Crippen LogP contribution is -2.63. The van der Waals surface area contributed by atoms with Crippen molar-refractivity contribution in [3.8, 4) is 0 Å². The largest absolute Gasteiger partial charge is 0.413 e. The van der Waals surface area contributed by atoms with Crippen LogP contribution < -0.4 is 5.73 Å². The minimum absolute atomic E-state index is 0.184. The normalized spacial score (nSPS) is 19.0. The number of rotatable bonds is 12. The molecule has 0 saturated heterocycles. The van der Waals surface area contributed by atoms with E-state index in [0.29, 0.717) is 12.1 Å².